The summed E-state index contributed by atoms with van der Waals surface area (Å²) in [4.78, 5) is 10.8. The minimum atomic E-state index is -3.88. The van der Waals surface area contributed by atoms with Gasteiger partial charge in [-0.15, -0.1) is 0 Å². The lowest BCUT2D eigenvalue weighted by atomic mass is 10.1. The van der Waals surface area contributed by atoms with Crippen LogP contribution in [0.5, 0.6) is 0 Å². The Hall–Kier alpha value is -2.34. The van der Waals surface area contributed by atoms with E-state index in [2.05, 4.69) is 4.72 Å². The van der Waals surface area contributed by atoms with Crippen molar-refractivity contribution in [3.8, 4) is 0 Å². The standard InChI is InChI=1S/C16H17NO4S/c1-10-5-4-6-14(12(10)3)17-22(20,21)15-9-13(16(18)19)8-7-11(15)2/h4-9,17H,1-3H3,(H,18,19)/p-1. The predicted molar refractivity (Wildman–Crippen MR) is 82.2 cm³/mol. The van der Waals surface area contributed by atoms with Gasteiger partial charge in [0.15, 0.2) is 0 Å². The first-order valence-corrected chi connectivity index (χ1v) is 8.12. The largest absolute Gasteiger partial charge is 0.545 e. The lowest BCUT2D eigenvalue weighted by molar-refractivity contribution is -0.255. The van der Waals surface area contributed by atoms with E-state index < -0.39 is 16.0 Å². The van der Waals surface area contributed by atoms with Gasteiger partial charge in [-0.3, -0.25) is 4.72 Å². The molecule has 0 fully saturated rings. The minimum Gasteiger partial charge on any atom is -0.545 e. The molecular formula is C16H16NO4S-. The van der Waals surface area contributed by atoms with Gasteiger partial charge in [0, 0.05) is 0 Å². The molecule has 6 heteroatoms. The van der Waals surface area contributed by atoms with Crippen LogP contribution in [0.2, 0.25) is 0 Å². The molecule has 1 N–H and O–H groups in total. The van der Waals surface area contributed by atoms with Crippen molar-refractivity contribution in [1.82, 2.24) is 0 Å². The van der Waals surface area contributed by atoms with Crippen LogP contribution in [0, 0.1) is 20.8 Å². The Morgan fingerprint density at radius 2 is 1.73 bits per heavy atom. The zero-order valence-corrected chi connectivity index (χ0v) is 13.3. The summed E-state index contributed by atoms with van der Waals surface area (Å²) in [6.45, 7) is 5.31. The molecular weight excluding hydrogens is 302 g/mol. The molecule has 0 aromatic heterocycles. The molecule has 0 unspecified atom stereocenters. The monoisotopic (exact) mass is 318 g/mol. The smallest absolute Gasteiger partial charge is 0.262 e. The lowest BCUT2D eigenvalue weighted by Gasteiger charge is -2.14. The van der Waals surface area contributed by atoms with Gasteiger partial charge in [-0.2, -0.15) is 0 Å². The van der Waals surface area contributed by atoms with E-state index in [0.29, 0.717) is 11.3 Å². The maximum absolute atomic E-state index is 12.5. The summed E-state index contributed by atoms with van der Waals surface area (Å²) in [5, 5.41) is 10.9. The van der Waals surface area contributed by atoms with Crippen molar-refractivity contribution in [1.29, 1.82) is 0 Å². The van der Waals surface area contributed by atoms with Crippen LogP contribution in [-0.2, 0) is 10.0 Å². The molecule has 0 heterocycles. The lowest BCUT2D eigenvalue weighted by Crippen LogP contribution is -2.23. The average molecular weight is 318 g/mol. The number of hydrogen-bond acceptors (Lipinski definition) is 4. The zero-order chi connectivity index (χ0) is 16.5. The van der Waals surface area contributed by atoms with E-state index in [1.165, 1.54) is 12.1 Å². The third kappa shape index (κ3) is 3.12. The fourth-order valence-electron chi connectivity index (χ4n) is 2.08. The highest BCUT2D eigenvalue weighted by Crippen LogP contribution is 2.24. The van der Waals surface area contributed by atoms with Crippen molar-refractivity contribution in [3.05, 3.63) is 58.7 Å². The van der Waals surface area contributed by atoms with Crippen molar-refractivity contribution in [2.75, 3.05) is 4.72 Å². The molecule has 0 spiro atoms. The molecule has 116 valence electrons. The van der Waals surface area contributed by atoms with E-state index in [9.17, 15) is 18.3 Å². The highest BCUT2D eigenvalue weighted by molar-refractivity contribution is 7.92. The first-order chi connectivity index (χ1) is 10.2. The minimum absolute atomic E-state index is 0.0740. The molecule has 0 bridgehead atoms. The quantitative estimate of drug-likeness (QED) is 0.931. The van der Waals surface area contributed by atoms with E-state index in [-0.39, 0.29) is 10.5 Å². The maximum atomic E-state index is 12.5. The van der Waals surface area contributed by atoms with Crippen LogP contribution >= 0.6 is 0 Å². The highest BCUT2D eigenvalue weighted by atomic mass is 32.2. The van der Waals surface area contributed by atoms with Gasteiger partial charge in [0.2, 0.25) is 0 Å². The number of rotatable bonds is 4. The van der Waals surface area contributed by atoms with Gasteiger partial charge in [-0.05, 0) is 55.2 Å². The molecule has 2 rings (SSSR count). The second-order valence-electron chi connectivity index (χ2n) is 5.12. The Morgan fingerprint density at radius 1 is 1.05 bits per heavy atom. The Kier molecular flexibility index (Phi) is 4.23. The second-order valence-corrected chi connectivity index (χ2v) is 6.77. The number of carbonyl (C=O) groups excluding carboxylic acids is 1. The van der Waals surface area contributed by atoms with Crippen molar-refractivity contribution in [3.63, 3.8) is 0 Å². The summed E-state index contributed by atoms with van der Waals surface area (Å²) in [6, 6.07) is 9.18. The average Bonchev–Trinajstić information content (AvgIpc) is 2.43. The molecule has 0 atom stereocenters. The number of aryl methyl sites for hydroxylation is 2. The summed E-state index contributed by atoms with van der Waals surface area (Å²) in [5.74, 6) is -1.41. The zero-order valence-electron chi connectivity index (χ0n) is 12.5. The number of carboxylic acid groups (broad SMARTS) is 1. The maximum Gasteiger partial charge on any atom is 0.262 e. The Balaban J connectivity index is 2.49. The van der Waals surface area contributed by atoms with Crippen molar-refractivity contribution < 1.29 is 18.3 Å². The number of hydrogen-bond donors (Lipinski definition) is 1. The number of benzene rings is 2. The van der Waals surface area contributed by atoms with Crippen LogP contribution < -0.4 is 9.83 Å². The molecule has 0 aliphatic rings. The van der Waals surface area contributed by atoms with Gasteiger partial charge in [0.25, 0.3) is 10.0 Å². The Labute approximate surface area is 129 Å². The van der Waals surface area contributed by atoms with Crippen LogP contribution in [0.25, 0.3) is 0 Å². The van der Waals surface area contributed by atoms with Crippen LogP contribution in [0.1, 0.15) is 27.0 Å². The molecule has 0 saturated heterocycles. The topological polar surface area (TPSA) is 86.3 Å². The van der Waals surface area contributed by atoms with Gasteiger partial charge < -0.3 is 9.90 Å². The van der Waals surface area contributed by atoms with Gasteiger partial charge in [0.1, 0.15) is 0 Å². The number of carbonyl (C=O) groups is 1. The normalized spacial score (nSPS) is 11.2. The molecule has 0 amide bonds. The predicted octanol–water partition coefficient (Wildman–Crippen LogP) is 1.78. The first-order valence-electron chi connectivity index (χ1n) is 6.63. The third-order valence-corrected chi connectivity index (χ3v) is 5.07. The molecule has 2 aromatic carbocycles. The van der Waals surface area contributed by atoms with Gasteiger partial charge in [-0.1, -0.05) is 24.3 Å². The molecule has 0 radical (unpaired) electrons. The molecule has 2 aromatic rings. The van der Waals surface area contributed by atoms with Crippen molar-refractivity contribution >= 4 is 21.7 Å². The third-order valence-electron chi connectivity index (χ3n) is 3.56. The molecule has 0 aliphatic heterocycles. The summed E-state index contributed by atoms with van der Waals surface area (Å²) in [5.41, 5.74) is 2.54. The number of aromatic carboxylic acids is 1. The fraction of sp³-hybridized carbons (Fsp3) is 0.188. The van der Waals surface area contributed by atoms with Gasteiger partial charge in [-0.25, -0.2) is 8.42 Å². The van der Waals surface area contributed by atoms with E-state index in [1.54, 1.807) is 19.1 Å². The number of carboxylic acids is 1. The second kappa shape index (κ2) is 5.81. The van der Waals surface area contributed by atoms with E-state index >= 15 is 0 Å². The van der Waals surface area contributed by atoms with Crippen LogP contribution in [-0.4, -0.2) is 14.4 Å². The summed E-state index contributed by atoms with van der Waals surface area (Å²) < 4.78 is 27.6. The van der Waals surface area contributed by atoms with E-state index in [0.717, 1.165) is 17.2 Å². The summed E-state index contributed by atoms with van der Waals surface area (Å²) in [6.07, 6.45) is 0. The Bertz CT molecular complexity index is 841. The first kappa shape index (κ1) is 16.0. The SMILES string of the molecule is Cc1ccc(C(=O)[O-])cc1S(=O)(=O)Nc1cccc(C)c1C. The molecule has 0 aliphatic carbocycles. The molecule has 0 saturated carbocycles. The Morgan fingerprint density at radius 3 is 2.36 bits per heavy atom. The van der Waals surface area contributed by atoms with E-state index in [1.807, 2.05) is 19.9 Å². The van der Waals surface area contributed by atoms with E-state index in [4.69, 9.17) is 0 Å². The summed E-state index contributed by atoms with van der Waals surface area (Å²) in [7, 11) is -3.88. The van der Waals surface area contributed by atoms with Gasteiger partial charge >= 0.3 is 0 Å². The molecule has 22 heavy (non-hydrogen) atoms. The van der Waals surface area contributed by atoms with Crippen LogP contribution in [0.15, 0.2) is 41.3 Å². The number of anilines is 1. The number of nitrogens with one attached hydrogen (secondary N) is 1. The fourth-order valence-corrected chi connectivity index (χ4v) is 3.47. The van der Waals surface area contributed by atoms with Crippen LogP contribution in [0.4, 0.5) is 5.69 Å². The number of sulfonamides is 1. The highest BCUT2D eigenvalue weighted by Gasteiger charge is 2.19. The van der Waals surface area contributed by atoms with Gasteiger partial charge in [0.05, 0.1) is 16.6 Å². The van der Waals surface area contributed by atoms with Crippen molar-refractivity contribution in [2.45, 2.75) is 25.7 Å². The van der Waals surface area contributed by atoms with Crippen molar-refractivity contribution in [2.24, 2.45) is 0 Å². The van der Waals surface area contributed by atoms with Crippen LogP contribution in [0.3, 0.4) is 0 Å². The molecule has 5 nitrogen and oxygen atoms in total. The summed E-state index contributed by atoms with van der Waals surface area (Å²) >= 11 is 0.